The Morgan fingerprint density at radius 3 is 2.61 bits per heavy atom. The third-order valence-corrected chi connectivity index (χ3v) is 5.74. The SMILES string of the molecule is C=CCN(Cc1ccccc1F)C(=O)C1CCN(C(=O)c2cc(Cl)ccc2OC)CC1. The van der Waals surface area contributed by atoms with Crippen molar-refractivity contribution < 1.29 is 18.7 Å². The molecule has 2 aromatic carbocycles. The number of carbonyl (C=O) groups is 2. The molecular formula is C24H26ClFN2O3. The van der Waals surface area contributed by atoms with Crippen molar-refractivity contribution in [1.82, 2.24) is 9.80 Å². The van der Waals surface area contributed by atoms with Gasteiger partial charge in [-0.1, -0.05) is 35.9 Å². The fourth-order valence-electron chi connectivity index (χ4n) is 3.83. The molecule has 0 bridgehead atoms. The van der Waals surface area contributed by atoms with E-state index in [0.717, 1.165) is 0 Å². The van der Waals surface area contributed by atoms with Crippen LogP contribution in [0.1, 0.15) is 28.8 Å². The standard InChI is InChI=1S/C24H26ClFN2O3/c1-3-12-28(16-18-6-4-5-7-21(18)26)23(29)17-10-13-27(14-11-17)24(30)20-15-19(25)8-9-22(20)31-2/h3-9,15,17H,1,10-14,16H2,2H3. The number of halogens is 2. The molecule has 2 amide bonds. The van der Waals surface area contributed by atoms with Crippen molar-refractivity contribution in [3.63, 3.8) is 0 Å². The first-order chi connectivity index (χ1) is 14.9. The molecule has 0 aliphatic carbocycles. The van der Waals surface area contributed by atoms with Crippen LogP contribution in [0.2, 0.25) is 5.02 Å². The van der Waals surface area contributed by atoms with Crippen molar-refractivity contribution >= 4 is 23.4 Å². The van der Waals surface area contributed by atoms with Gasteiger partial charge < -0.3 is 14.5 Å². The van der Waals surface area contributed by atoms with Gasteiger partial charge >= 0.3 is 0 Å². The van der Waals surface area contributed by atoms with Crippen LogP contribution in [0.3, 0.4) is 0 Å². The van der Waals surface area contributed by atoms with Crippen molar-refractivity contribution in [3.8, 4) is 5.75 Å². The van der Waals surface area contributed by atoms with Crippen LogP contribution in [0.4, 0.5) is 4.39 Å². The molecule has 1 aliphatic rings. The summed E-state index contributed by atoms with van der Waals surface area (Å²) in [6.07, 6.45) is 2.72. The molecule has 0 radical (unpaired) electrons. The summed E-state index contributed by atoms with van der Waals surface area (Å²) in [5.74, 6) is -0.304. The molecule has 3 rings (SSSR count). The maximum atomic E-state index is 14.1. The van der Waals surface area contributed by atoms with Crippen LogP contribution in [0.25, 0.3) is 0 Å². The lowest BCUT2D eigenvalue weighted by atomic mass is 9.94. The third kappa shape index (κ3) is 5.44. The lowest BCUT2D eigenvalue weighted by Crippen LogP contribution is -2.44. The zero-order chi connectivity index (χ0) is 22.4. The predicted octanol–water partition coefficient (Wildman–Crippen LogP) is 4.55. The molecule has 1 fully saturated rings. The third-order valence-electron chi connectivity index (χ3n) is 5.50. The van der Waals surface area contributed by atoms with Gasteiger partial charge in [-0.2, -0.15) is 0 Å². The average molecular weight is 445 g/mol. The van der Waals surface area contributed by atoms with Gasteiger partial charge in [-0.05, 0) is 37.1 Å². The maximum Gasteiger partial charge on any atom is 0.257 e. The molecule has 7 heteroatoms. The van der Waals surface area contributed by atoms with E-state index in [0.29, 0.717) is 54.4 Å². The second-order valence-corrected chi connectivity index (χ2v) is 7.95. The van der Waals surface area contributed by atoms with Gasteiger partial charge in [0.1, 0.15) is 11.6 Å². The summed E-state index contributed by atoms with van der Waals surface area (Å²) in [6, 6.07) is 11.4. The van der Waals surface area contributed by atoms with Gasteiger partial charge in [0.15, 0.2) is 0 Å². The van der Waals surface area contributed by atoms with Crippen molar-refractivity contribution in [2.24, 2.45) is 5.92 Å². The van der Waals surface area contributed by atoms with Crippen molar-refractivity contribution in [2.75, 3.05) is 26.7 Å². The fraction of sp³-hybridized carbons (Fsp3) is 0.333. The molecule has 0 spiro atoms. The number of methoxy groups -OCH3 is 1. The van der Waals surface area contributed by atoms with Crippen LogP contribution in [0, 0.1) is 11.7 Å². The summed E-state index contributed by atoms with van der Waals surface area (Å²) < 4.78 is 19.3. The molecule has 0 aromatic heterocycles. The molecule has 1 aliphatic heterocycles. The Balaban J connectivity index is 1.65. The number of likely N-dealkylation sites (tertiary alicyclic amines) is 1. The first kappa shape index (κ1) is 22.8. The number of carbonyl (C=O) groups excluding carboxylic acids is 2. The smallest absolute Gasteiger partial charge is 0.257 e. The molecule has 5 nitrogen and oxygen atoms in total. The molecule has 0 atom stereocenters. The minimum atomic E-state index is -0.333. The number of hydrogen-bond donors (Lipinski definition) is 0. The van der Waals surface area contributed by atoms with Gasteiger partial charge in [-0.15, -0.1) is 6.58 Å². The monoisotopic (exact) mass is 444 g/mol. The highest BCUT2D eigenvalue weighted by molar-refractivity contribution is 6.31. The van der Waals surface area contributed by atoms with Crippen LogP contribution in [0.15, 0.2) is 55.1 Å². The predicted molar refractivity (Wildman–Crippen MR) is 119 cm³/mol. The number of amides is 2. The van der Waals surface area contributed by atoms with Crippen LogP contribution < -0.4 is 4.74 Å². The topological polar surface area (TPSA) is 49.9 Å². The number of ether oxygens (including phenoxy) is 1. The van der Waals surface area contributed by atoms with E-state index in [9.17, 15) is 14.0 Å². The first-order valence-corrected chi connectivity index (χ1v) is 10.6. The summed E-state index contributed by atoms with van der Waals surface area (Å²) in [4.78, 5) is 29.4. The van der Waals surface area contributed by atoms with Gasteiger partial charge in [0.25, 0.3) is 5.91 Å². The fourth-order valence-corrected chi connectivity index (χ4v) is 4.00. The highest BCUT2D eigenvalue weighted by Crippen LogP contribution is 2.27. The van der Waals surface area contributed by atoms with E-state index in [1.54, 1.807) is 52.3 Å². The Morgan fingerprint density at radius 2 is 1.97 bits per heavy atom. The van der Waals surface area contributed by atoms with E-state index in [1.165, 1.54) is 13.2 Å². The normalized spacial score (nSPS) is 14.2. The number of benzene rings is 2. The van der Waals surface area contributed by atoms with Crippen LogP contribution in [-0.2, 0) is 11.3 Å². The van der Waals surface area contributed by atoms with Gasteiger partial charge in [0.05, 0.1) is 12.7 Å². The first-order valence-electron chi connectivity index (χ1n) is 10.2. The number of hydrogen-bond acceptors (Lipinski definition) is 3. The molecule has 0 saturated carbocycles. The van der Waals surface area contributed by atoms with E-state index in [4.69, 9.17) is 16.3 Å². The second kappa shape index (κ2) is 10.4. The van der Waals surface area contributed by atoms with Crippen molar-refractivity contribution in [3.05, 3.63) is 77.1 Å². The van der Waals surface area contributed by atoms with Gasteiger partial charge in [-0.25, -0.2) is 4.39 Å². The average Bonchev–Trinajstić information content (AvgIpc) is 2.79. The molecule has 0 unspecified atom stereocenters. The van der Waals surface area contributed by atoms with Crippen molar-refractivity contribution in [2.45, 2.75) is 19.4 Å². The number of rotatable bonds is 7. The van der Waals surface area contributed by atoms with Crippen molar-refractivity contribution in [1.29, 1.82) is 0 Å². The minimum Gasteiger partial charge on any atom is -0.496 e. The van der Waals surface area contributed by atoms with Crippen LogP contribution in [0.5, 0.6) is 5.75 Å². The summed E-state index contributed by atoms with van der Waals surface area (Å²) in [7, 11) is 1.51. The van der Waals surface area contributed by atoms with Gasteiger partial charge in [-0.3, -0.25) is 9.59 Å². The van der Waals surface area contributed by atoms with Gasteiger partial charge in [0, 0.05) is 42.7 Å². The van der Waals surface area contributed by atoms with E-state index < -0.39 is 0 Å². The summed E-state index contributed by atoms with van der Waals surface area (Å²) in [6.45, 7) is 5.15. The summed E-state index contributed by atoms with van der Waals surface area (Å²) in [5, 5.41) is 0.461. The Kier molecular flexibility index (Phi) is 7.69. The Bertz CT molecular complexity index is 958. The quantitative estimate of drug-likeness (QED) is 0.588. The second-order valence-electron chi connectivity index (χ2n) is 7.51. The zero-order valence-corrected chi connectivity index (χ0v) is 18.3. The lowest BCUT2D eigenvalue weighted by molar-refractivity contribution is -0.137. The van der Waals surface area contributed by atoms with E-state index in [2.05, 4.69) is 6.58 Å². The minimum absolute atomic E-state index is 0.0458. The number of nitrogens with zero attached hydrogens (tertiary/aromatic N) is 2. The molecule has 31 heavy (non-hydrogen) atoms. The lowest BCUT2D eigenvalue weighted by Gasteiger charge is -2.34. The molecule has 1 saturated heterocycles. The largest absolute Gasteiger partial charge is 0.496 e. The highest BCUT2D eigenvalue weighted by atomic mass is 35.5. The highest BCUT2D eigenvalue weighted by Gasteiger charge is 2.31. The number of piperidine rings is 1. The molecule has 2 aromatic rings. The zero-order valence-electron chi connectivity index (χ0n) is 17.5. The molecular weight excluding hydrogens is 419 g/mol. The molecule has 164 valence electrons. The van der Waals surface area contributed by atoms with Crippen LogP contribution in [-0.4, -0.2) is 48.4 Å². The van der Waals surface area contributed by atoms with E-state index in [1.807, 2.05) is 0 Å². The Morgan fingerprint density at radius 1 is 1.26 bits per heavy atom. The molecule has 1 heterocycles. The summed E-state index contributed by atoms with van der Waals surface area (Å²) in [5.41, 5.74) is 0.881. The Labute approximate surface area is 187 Å². The van der Waals surface area contributed by atoms with E-state index in [-0.39, 0.29) is 30.1 Å². The summed E-state index contributed by atoms with van der Waals surface area (Å²) >= 11 is 6.05. The van der Waals surface area contributed by atoms with Crippen LogP contribution >= 0.6 is 11.6 Å². The molecule has 0 N–H and O–H groups in total. The van der Waals surface area contributed by atoms with Gasteiger partial charge in [0.2, 0.25) is 5.91 Å². The van der Waals surface area contributed by atoms with E-state index >= 15 is 0 Å². The Hall–Kier alpha value is -2.86. The maximum absolute atomic E-state index is 14.1.